The highest BCUT2D eigenvalue weighted by Crippen LogP contribution is 2.19. The van der Waals surface area contributed by atoms with Crippen LogP contribution < -0.4 is 10.1 Å². The van der Waals surface area contributed by atoms with E-state index in [9.17, 15) is 9.59 Å². The number of halogens is 1. The fourth-order valence-corrected chi connectivity index (χ4v) is 3.79. The summed E-state index contributed by atoms with van der Waals surface area (Å²) in [6, 6.07) is 23.8. The molecule has 2 amide bonds. The van der Waals surface area contributed by atoms with E-state index in [1.165, 1.54) is 0 Å². The number of hydrogen-bond donors (Lipinski definition) is 1. The Morgan fingerprint density at radius 2 is 1.62 bits per heavy atom. The second-order valence-corrected chi connectivity index (χ2v) is 7.93. The van der Waals surface area contributed by atoms with Crippen molar-refractivity contribution in [2.75, 3.05) is 14.2 Å². The normalized spacial score (nSPS) is 11.5. The number of hydrogen-bond acceptors (Lipinski definition) is 3. The van der Waals surface area contributed by atoms with Gasteiger partial charge < -0.3 is 15.0 Å². The number of benzene rings is 3. The van der Waals surface area contributed by atoms with Crippen molar-refractivity contribution in [3.8, 4) is 5.75 Å². The zero-order valence-electron chi connectivity index (χ0n) is 18.3. The van der Waals surface area contributed by atoms with Crippen LogP contribution in [0.15, 0.2) is 78.9 Å². The summed E-state index contributed by atoms with van der Waals surface area (Å²) in [4.78, 5) is 28.0. The molecule has 0 heterocycles. The van der Waals surface area contributed by atoms with Gasteiger partial charge in [0.1, 0.15) is 11.8 Å². The van der Waals surface area contributed by atoms with Crippen molar-refractivity contribution >= 4 is 23.4 Å². The molecule has 1 atom stereocenters. The Labute approximate surface area is 194 Å². The van der Waals surface area contributed by atoms with Crippen LogP contribution in [0.25, 0.3) is 0 Å². The van der Waals surface area contributed by atoms with Gasteiger partial charge >= 0.3 is 0 Å². The number of carbonyl (C=O) groups excluding carboxylic acids is 2. The summed E-state index contributed by atoms with van der Waals surface area (Å²) >= 11 is 6.17. The average molecular weight is 451 g/mol. The van der Waals surface area contributed by atoms with E-state index in [4.69, 9.17) is 16.3 Å². The third kappa shape index (κ3) is 6.34. The first-order valence-corrected chi connectivity index (χ1v) is 10.8. The number of carbonyl (C=O) groups is 2. The van der Waals surface area contributed by atoms with Crippen LogP contribution in [0, 0.1) is 0 Å². The molecule has 0 spiro atoms. The molecule has 5 nitrogen and oxygen atoms in total. The van der Waals surface area contributed by atoms with Gasteiger partial charge in [0.25, 0.3) is 0 Å². The summed E-state index contributed by atoms with van der Waals surface area (Å²) in [5.74, 6) is 0.378. The third-order valence-electron chi connectivity index (χ3n) is 5.27. The third-order valence-corrected chi connectivity index (χ3v) is 5.51. The lowest BCUT2D eigenvalue weighted by Crippen LogP contribution is -2.50. The van der Waals surface area contributed by atoms with Gasteiger partial charge in [-0.15, -0.1) is 0 Å². The second-order valence-electron chi connectivity index (χ2n) is 7.50. The van der Waals surface area contributed by atoms with Crippen LogP contribution in [0.2, 0.25) is 5.02 Å². The number of nitrogens with one attached hydrogen (secondary N) is 1. The summed E-state index contributed by atoms with van der Waals surface area (Å²) in [6.07, 6.45) is 0.586. The molecule has 0 aliphatic rings. The highest BCUT2D eigenvalue weighted by atomic mass is 35.5. The van der Waals surface area contributed by atoms with Crippen LogP contribution in [0.3, 0.4) is 0 Å². The molecule has 0 fully saturated rings. The van der Waals surface area contributed by atoms with E-state index in [2.05, 4.69) is 5.32 Å². The molecule has 0 unspecified atom stereocenters. The first-order chi connectivity index (χ1) is 15.5. The van der Waals surface area contributed by atoms with E-state index in [0.717, 1.165) is 22.4 Å². The highest BCUT2D eigenvalue weighted by molar-refractivity contribution is 6.30. The van der Waals surface area contributed by atoms with Gasteiger partial charge in [-0.1, -0.05) is 66.2 Å². The minimum absolute atomic E-state index is 0.139. The zero-order valence-corrected chi connectivity index (χ0v) is 19.0. The van der Waals surface area contributed by atoms with Crippen molar-refractivity contribution in [3.63, 3.8) is 0 Å². The fourth-order valence-electron chi connectivity index (χ4n) is 3.57. The standard InChI is InChI=1S/C26H27ClN2O3/c1-28-26(31)24(16-19-7-4-3-5-8-19)29(18-21-9-6-10-22(27)15-21)25(30)17-20-11-13-23(32-2)14-12-20/h3-15,24H,16-18H2,1-2H3,(H,28,31)/t24-/m0/s1. The van der Waals surface area contributed by atoms with Crippen LogP contribution in [-0.2, 0) is 29.0 Å². The van der Waals surface area contributed by atoms with Crippen molar-refractivity contribution in [2.24, 2.45) is 0 Å². The van der Waals surface area contributed by atoms with E-state index in [0.29, 0.717) is 11.4 Å². The number of likely N-dealkylation sites (N-methyl/N-ethyl adjacent to an activating group) is 1. The summed E-state index contributed by atoms with van der Waals surface area (Å²) in [6.45, 7) is 0.278. The molecule has 3 rings (SSSR count). The highest BCUT2D eigenvalue weighted by Gasteiger charge is 2.29. The number of rotatable bonds is 9. The number of nitrogens with zero attached hydrogens (tertiary/aromatic N) is 1. The molecule has 1 N–H and O–H groups in total. The lowest BCUT2D eigenvalue weighted by Gasteiger charge is -2.31. The molecule has 166 valence electrons. The topological polar surface area (TPSA) is 58.6 Å². The summed E-state index contributed by atoms with van der Waals surface area (Å²) in [5.41, 5.74) is 2.69. The fraction of sp³-hybridized carbons (Fsp3) is 0.231. The molecule has 0 saturated heterocycles. The van der Waals surface area contributed by atoms with Crippen molar-refractivity contribution in [3.05, 3.63) is 101 Å². The number of ether oxygens (including phenoxy) is 1. The van der Waals surface area contributed by atoms with Crippen molar-refractivity contribution in [1.29, 1.82) is 0 Å². The van der Waals surface area contributed by atoms with E-state index in [1.54, 1.807) is 25.1 Å². The van der Waals surface area contributed by atoms with Gasteiger partial charge in [-0.05, 0) is 41.0 Å². The molecule has 0 bridgehead atoms. The van der Waals surface area contributed by atoms with E-state index < -0.39 is 6.04 Å². The van der Waals surface area contributed by atoms with Gasteiger partial charge in [0.2, 0.25) is 11.8 Å². The molecule has 32 heavy (non-hydrogen) atoms. The predicted octanol–water partition coefficient (Wildman–Crippen LogP) is 4.28. The second kappa shape index (κ2) is 11.3. The Bertz CT molecular complexity index is 1040. The SMILES string of the molecule is CNC(=O)[C@H](Cc1ccccc1)N(Cc1cccc(Cl)c1)C(=O)Cc1ccc(OC)cc1. The molecule has 3 aromatic carbocycles. The Morgan fingerprint density at radius 1 is 0.938 bits per heavy atom. The van der Waals surface area contributed by atoms with Gasteiger partial charge in [0, 0.05) is 25.0 Å². The lowest BCUT2D eigenvalue weighted by molar-refractivity contribution is -0.140. The molecule has 6 heteroatoms. The average Bonchev–Trinajstić information content (AvgIpc) is 2.82. The molecular weight excluding hydrogens is 424 g/mol. The molecule has 3 aromatic rings. The Hall–Kier alpha value is -3.31. The zero-order chi connectivity index (χ0) is 22.9. The van der Waals surface area contributed by atoms with Crippen molar-refractivity contribution in [2.45, 2.75) is 25.4 Å². The van der Waals surface area contributed by atoms with Crippen LogP contribution in [0.1, 0.15) is 16.7 Å². The summed E-state index contributed by atoms with van der Waals surface area (Å²) in [5, 5.41) is 3.31. The van der Waals surface area contributed by atoms with Gasteiger partial charge in [0.05, 0.1) is 13.5 Å². The Morgan fingerprint density at radius 3 is 2.25 bits per heavy atom. The van der Waals surface area contributed by atoms with Gasteiger partial charge in [-0.25, -0.2) is 0 Å². The lowest BCUT2D eigenvalue weighted by atomic mass is 10.0. The quantitative estimate of drug-likeness (QED) is 0.529. The Kier molecular flexibility index (Phi) is 8.28. The van der Waals surface area contributed by atoms with Crippen molar-refractivity contribution in [1.82, 2.24) is 10.2 Å². The predicted molar refractivity (Wildman–Crippen MR) is 127 cm³/mol. The minimum Gasteiger partial charge on any atom is -0.497 e. The van der Waals surface area contributed by atoms with E-state index >= 15 is 0 Å². The van der Waals surface area contributed by atoms with Crippen LogP contribution in [0.5, 0.6) is 5.75 Å². The van der Waals surface area contributed by atoms with Gasteiger partial charge in [0.15, 0.2) is 0 Å². The van der Waals surface area contributed by atoms with E-state index in [1.807, 2.05) is 72.8 Å². The maximum absolute atomic E-state index is 13.5. The molecule has 0 aromatic heterocycles. The largest absolute Gasteiger partial charge is 0.497 e. The minimum atomic E-state index is -0.660. The molecular formula is C26H27ClN2O3. The monoisotopic (exact) mass is 450 g/mol. The van der Waals surface area contributed by atoms with Crippen LogP contribution >= 0.6 is 11.6 Å². The maximum atomic E-state index is 13.5. The van der Waals surface area contributed by atoms with Crippen molar-refractivity contribution < 1.29 is 14.3 Å². The number of amides is 2. The van der Waals surface area contributed by atoms with Gasteiger partial charge in [-0.3, -0.25) is 9.59 Å². The van der Waals surface area contributed by atoms with Crippen LogP contribution in [-0.4, -0.2) is 36.9 Å². The van der Waals surface area contributed by atoms with Gasteiger partial charge in [-0.2, -0.15) is 0 Å². The Balaban J connectivity index is 1.92. The smallest absolute Gasteiger partial charge is 0.242 e. The molecule has 0 radical (unpaired) electrons. The summed E-state index contributed by atoms with van der Waals surface area (Å²) in [7, 11) is 3.19. The molecule has 0 aliphatic carbocycles. The first-order valence-electron chi connectivity index (χ1n) is 10.4. The first kappa shape index (κ1) is 23.4. The summed E-state index contributed by atoms with van der Waals surface area (Å²) < 4.78 is 5.20. The maximum Gasteiger partial charge on any atom is 0.242 e. The van der Waals surface area contributed by atoms with Crippen LogP contribution in [0.4, 0.5) is 0 Å². The number of methoxy groups -OCH3 is 1. The molecule has 0 saturated carbocycles. The van der Waals surface area contributed by atoms with E-state index in [-0.39, 0.29) is 24.8 Å². The molecule has 0 aliphatic heterocycles.